The van der Waals surface area contributed by atoms with Crippen LogP contribution >= 0.6 is 0 Å². The smallest absolute Gasteiger partial charge is 0.254 e. The Bertz CT molecular complexity index is 1100. The maximum Gasteiger partial charge on any atom is 0.254 e. The molecule has 0 radical (unpaired) electrons. The van der Waals surface area contributed by atoms with Crippen molar-refractivity contribution < 1.29 is 14.3 Å². The summed E-state index contributed by atoms with van der Waals surface area (Å²) in [7, 11) is 3.35. The van der Waals surface area contributed by atoms with Crippen LogP contribution in [0.15, 0.2) is 42.5 Å². The Balaban J connectivity index is 1.48. The normalized spacial score (nSPS) is 14.6. The number of carbonyl (C=O) groups excluding carboxylic acids is 1. The van der Waals surface area contributed by atoms with E-state index < -0.39 is 0 Å². The number of aromatic nitrogens is 1. The molecular weight excluding hydrogens is 390 g/mol. The number of benzene rings is 2. The fourth-order valence-corrected chi connectivity index (χ4v) is 4.17. The molecule has 1 amide bonds. The van der Waals surface area contributed by atoms with E-state index in [1.54, 1.807) is 14.2 Å². The maximum atomic E-state index is 13.4. The van der Waals surface area contributed by atoms with Gasteiger partial charge in [-0.05, 0) is 50.2 Å². The average Bonchev–Trinajstić information content (AvgIpc) is 2.79. The number of methoxy groups -OCH3 is 2. The maximum absolute atomic E-state index is 13.4. The van der Waals surface area contributed by atoms with Gasteiger partial charge in [-0.3, -0.25) is 14.7 Å². The van der Waals surface area contributed by atoms with E-state index in [9.17, 15) is 4.79 Å². The molecule has 1 aromatic heterocycles. The fourth-order valence-electron chi connectivity index (χ4n) is 4.17. The first-order valence-corrected chi connectivity index (χ1v) is 10.6. The Hall–Kier alpha value is -3.12. The van der Waals surface area contributed by atoms with Gasteiger partial charge in [0.2, 0.25) is 0 Å². The van der Waals surface area contributed by atoms with E-state index >= 15 is 0 Å². The molecule has 162 valence electrons. The van der Waals surface area contributed by atoms with Crippen molar-refractivity contribution in [3.8, 4) is 11.5 Å². The number of hydrogen-bond acceptors (Lipinski definition) is 5. The molecule has 2 aromatic carbocycles. The van der Waals surface area contributed by atoms with Gasteiger partial charge in [-0.15, -0.1) is 0 Å². The predicted octanol–water partition coefficient (Wildman–Crippen LogP) is 3.83. The number of aryl methyl sites for hydroxylation is 2. The molecule has 1 aliphatic heterocycles. The SMILES string of the molecule is COc1ccc(OC)c(CN2CCN(C(=O)c3cc(C)nc4ccc(C)cc34)CC2)c1. The summed E-state index contributed by atoms with van der Waals surface area (Å²) in [6.07, 6.45) is 0. The van der Waals surface area contributed by atoms with Crippen LogP contribution in [0.5, 0.6) is 11.5 Å². The Morgan fingerprint density at radius 1 is 0.968 bits per heavy atom. The highest BCUT2D eigenvalue weighted by Gasteiger charge is 2.24. The Morgan fingerprint density at radius 3 is 2.45 bits per heavy atom. The van der Waals surface area contributed by atoms with Gasteiger partial charge in [0.15, 0.2) is 0 Å². The van der Waals surface area contributed by atoms with Crippen molar-refractivity contribution in [3.63, 3.8) is 0 Å². The summed E-state index contributed by atoms with van der Waals surface area (Å²) < 4.78 is 10.9. The zero-order chi connectivity index (χ0) is 22.0. The zero-order valence-corrected chi connectivity index (χ0v) is 18.6. The second-order valence-electron chi connectivity index (χ2n) is 8.08. The van der Waals surface area contributed by atoms with Crippen molar-refractivity contribution >= 4 is 16.8 Å². The molecule has 4 rings (SSSR count). The van der Waals surface area contributed by atoms with Crippen LogP contribution < -0.4 is 9.47 Å². The number of fused-ring (bicyclic) bond motifs is 1. The van der Waals surface area contributed by atoms with Gasteiger partial charge >= 0.3 is 0 Å². The lowest BCUT2D eigenvalue weighted by molar-refractivity contribution is 0.0629. The third-order valence-corrected chi connectivity index (χ3v) is 5.86. The first-order valence-electron chi connectivity index (χ1n) is 10.6. The minimum Gasteiger partial charge on any atom is -0.497 e. The first-order chi connectivity index (χ1) is 15.0. The summed E-state index contributed by atoms with van der Waals surface area (Å²) in [6.45, 7) is 7.76. The van der Waals surface area contributed by atoms with E-state index in [1.165, 1.54) is 0 Å². The van der Waals surface area contributed by atoms with Crippen LogP contribution in [0.25, 0.3) is 10.9 Å². The van der Waals surface area contributed by atoms with Crippen LogP contribution in [0.1, 0.15) is 27.2 Å². The number of ether oxygens (including phenoxy) is 2. The molecule has 1 fully saturated rings. The second kappa shape index (κ2) is 8.94. The third-order valence-electron chi connectivity index (χ3n) is 5.86. The van der Waals surface area contributed by atoms with E-state index in [2.05, 4.69) is 16.0 Å². The highest BCUT2D eigenvalue weighted by atomic mass is 16.5. The van der Waals surface area contributed by atoms with Crippen molar-refractivity contribution in [2.45, 2.75) is 20.4 Å². The quantitative estimate of drug-likeness (QED) is 0.629. The van der Waals surface area contributed by atoms with Crippen LogP contribution in [0.2, 0.25) is 0 Å². The summed E-state index contributed by atoms with van der Waals surface area (Å²) in [5, 5.41) is 0.930. The van der Waals surface area contributed by atoms with Gasteiger partial charge in [0.25, 0.3) is 5.91 Å². The Morgan fingerprint density at radius 2 is 1.74 bits per heavy atom. The number of nitrogens with zero attached hydrogens (tertiary/aromatic N) is 3. The van der Waals surface area contributed by atoms with Gasteiger partial charge < -0.3 is 14.4 Å². The highest BCUT2D eigenvalue weighted by Crippen LogP contribution is 2.26. The molecule has 0 bridgehead atoms. The summed E-state index contributed by atoms with van der Waals surface area (Å²) in [6, 6.07) is 13.9. The molecule has 1 aliphatic rings. The molecule has 1 saturated heterocycles. The number of rotatable bonds is 5. The van der Waals surface area contributed by atoms with Crippen molar-refractivity contribution in [2.24, 2.45) is 0 Å². The van der Waals surface area contributed by atoms with Gasteiger partial charge in [0, 0.05) is 49.4 Å². The van der Waals surface area contributed by atoms with E-state index in [0.29, 0.717) is 13.1 Å². The molecule has 3 aromatic rings. The van der Waals surface area contributed by atoms with Crippen LogP contribution in [0.4, 0.5) is 0 Å². The predicted molar refractivity (Wildman–Crippen MR) is 122 cm³/mol. The molecule has 6 heteroatoms. The molecule has 31 heavy (non-hydrogen) atoms. The van der Waals surface area contributed by atoms with Gasteiger partial charge in [0.05, 0.1) is 25.3 Å². The lowest BCUT2D eigenvalue weighted by atomic mass is 10.0. The number of carbonyl (C=O) groups is 1. The van der Waals surface area contributed by atoms with Gasteiger partial charge in [-0.1, -0.05) is 11.6 Å². The molecule has 0 unspecified atom stereocenters. The zero-order valence-electron chi connectivity index (χ0n) is 18.6. The number of amides is 1. The minimum absolute atomic E-state index is 0.0831. The van der Waals surface area contributed by atoms with Crippen molar-refractivity contribution in [1.82, 2.24) is 14.8 Å². The van der Waals surface area contributed by atoms with Crippen LogP contribution in [-0.2, 0) is 6.54 Å². The largest absolute Gasteiger partial charge is 0.497 e. The first kappa shape index (κ1) is 21.1. The topological polar surface area (TPSA) is 54.9 Å². The van der Waals surface area contributed by atoms with E-state index in [-0.39, 0.29) is 5.91 Å². The molecule has 0 aliphatic carbocycles. The molecule has 0 atom stereocenters. The number of pyridine rings is 1. The van der Waals surface area contributed by atoms with Gasteiger partial charge in [-0.2, -0.15) is 0 Å². The van der Waals surface area contributed by atoms with Crippen LogP contribution in [-0.4, -0.2) is 61.1 Å². The summed E-state index contributed by atoms with van der Waals surface area (Å²) in [4.78, 5) is 22.3. The van der Waals surface area contributed by atoms with E-state index in [0.717, 1.165) is 64.4 Å². The van der Waals surface area contributed by atoms with Crippen molar-refractivity contribution in [1.29, 1.82) is 0 Å². The Labute approximate surface area is 183 Å². The number of piperazine rings is 1. The highest BCUT2D eigenvalue weighted by molar-refractivity contribution is 6.06. The van der Waals surface area contributed by atoms with Gasteiger partial charge in [0.1, 0.15) is 11.5 Å². The summed E-state index contributed by atoms with van der Waals surface area (Å²) in [5.74, 6) is 1.76. The Kier molecular flexibility index (Phi) is 6.09. The number of hydrogen-bond donors (Lipinski definition) is 0. The monoisotopic (exact) mass is 419 g/mol. The summed E-state index contributed by atoms with van der Waals surface area (Å²) >= 11 is 0. The van der Waals surface area contributed by atoms with Crippen LogP contribution in [0, 0.1) is 13.8 Å². The molecule has 0 N–H and O–H groups in total. The molecule has 2 heterocycles. The fraction of sp³-hybridized carbons (Fsp3) is 0.360. The standard InChI is InChI=1S/C25H29N3O3/c1-17-5-7-23-21(13-17)22(14-18(2)26-23)25(29)28-11-9-27(10-12-28)16-19-15-20(30-3)6-8-24(19)31-4/h5-8,13-15H,9-12,16H2,1-4H3. The molecule has 0 spiro atoms. The van der Waals surface area contributed by atoms with Gasteiger partial charge in [-0.25, -0.2) is 0 Å². The second-order valence-corrected chi connectivity index (χ2v) is 8.08. The lowest BCUT2D eigenvalue weighted by Gasteiger charge is -2.35. The lowest BCUT2D eigenvalue weighted by Crippen LogP contribution is -2.48. The van der Waals surface area contributed by atoms with Crippen molar-refractivity contribution in [2.75, 3.05) is 40.4 Å². The van der Waals surface area contributed by atoms with E-state index in [4.69, 9.17) is 9.47 Å². The summed E-state index contributed by atoms with van der Waals surface area (Å²) in [5.41, 5.74) is 4.70. The third kappa shape index (κ3) is 4.49. The minimum atomic E-state index is 0.0831. The van der Waals surface area contributed by atoms with E-state index in [1.807, 2.05) is 55.1 Å². The average molecular weight is 420 g/mol. The molecular formula is C25H29N3O3. The van der Waals surface area contributed by atoms with Crippen molar-refractivity contribution in [3.05, 3.63) is 64.8 Å². The molecule has 6 nitrogen and oxygen atoms in total. The molecule has 0 saturated carbocycles. The van der Waals surface area contributed by atoms with Crippen LogP contribution in [0.3, 0.4) is 0 Å².